The second-order valence-electron chi connectivity index (χ2n) is 24.3. The van der Waals surface area contributed by atoms with Gasteiger partial charge >= 0.3 is 5.97 Å². The number of rotatable bonds is 58. The molecule has 2 aliphatic heterocycles. The third-order valence-corrected chi connectivity index (χ3v) is 16.6. The molecule has 0 saturated carbocycles. The summed E-state index contributed by atoms with van der Waals surface area (Å²) in [5, 5.41) is 72.6. The van der Waals surface area contributed by atoms with E-state index in [9.17, 15) is 40.5 Å². The Morgan fingerprint density at radius 3 is 1.17 bits per heavy atom. The topological polar surface area (TPSA) is 214 Å². The summed E-state index contributed by atoms with van der Waals surface area (Å²) in [6.07, 6.45) is 52.2. The summed E-state index contributed by atoms with van der Waals surface area (Å²) in [5.74, 6) is -0.373. The zero-order valence-electron chi connectivity index (χ0n) is 53.0. The first-order valence-corrected chi connectivity index (χ1v) is 34.6. The SMILES string of the molecule is CCCCCCC/C=C\C/C=C\CCCCCCCCCCCCCC(=O)OC(COCCCCCCCCCCCCCCCC/C=C\CCCCCCCCCC)COC1OC(COC2OC(CO)C(O)C(O)C2O)C(O)C(O)C1O. The molecule has 2 fully saturated rings. The van der Waals surface area contributed by atoms with Gasteiger partial charge in [0.2, 0.25) is 0 Å². The van der Waals surface area contributed by atoms with E-state index < -0.39 is 80.7 Å². The molecule has 0 aromatic rings. The van der Waals surface area contributed by atoms with Crippen LogP contribution in [-0.2, 0) is 33.2 Å². The number of hydrogen-bond acceptors (Lipinski definition) is 14. The van der Waals surface area contributed by atoms with E-state index in [4.69, 9.17) is 28.4 Å². The molecule has 83 heavy (non-hydrogen) atoms. The number of aliphatic hydroxyl groups is 7. The van der Waals surface area contributed by atoms with E-state index in [1.54, 1.807) is 0 Å². The molecule has 0 aromatic carbocycles. The van der Waals surface area contributed by atoms with Crippen molar-refractivity contribution in [2.45, 2.75) is 364 Å². The van der Waals surface area contributed by atoms with Crippen molar-refractivity contribution >= 4 is 5.97 Å². The highest BCUT2D eigenvalue weighted by atomic mass is 16.7. The molecular formula is C69H128O14. The minimum atomic E-state index is -1.71. The van der Waals surface area contributed by atoms with Crippen molar-refractivity contribution in [1.82, 2.24) is 0 Å². The molecule has 14 nitrogen and oxygen atoms in total. The van der Waals surface area contributed by atoms with Gasteiger partial charge in [-0.2, -0.15) is 0 Å². The predicted molar refractivity (Wildman–Crippen MR) is 335 cm³/mol. The minimum Gasteiger partial charge on any atom is -0.457 e. The Balaban J connectivity index is 1.64. The quantitative estimate of drug-likeness (QED) is 0.0171. The fourth-order valence-electron chi connectivity index (χ4n) is 11.1. The molecule has 0 spiro atoms. The number of allylic oxidation sites excluding steroid dienone is 6. The number of aliphatic hydroxyl groups excluding tert-OH is 7. The van der Waals surface area contributed by atoms with Gasteiger partial charge in [-0.3, -0.25) is 4.79 Å². The summed E-state index contributed by atoms with van der Waals surface area (Å²) < 4.78 is 34.6. The Morgan fingerprint density at radius 1 is 0.398 bits per heavy atom. The summed E-state index contributed by atoms with van der Waals surface area (Å²) >= 11 is 0. The summed E-state index contributed by atoms with van der Waals surface area (Å²) in [7, 11) is 0. The van der Waals surface area contributed by atoms with Crippen molar-refractivity contribution in [3.63, 3.8) is 0 Å². The Labute approximate surface area is 506 Å². The smallest absolute Gasteiger partial charge is 0.306 e. The number of carbonyl (C=O) groups is 1. The number of unbranched alkanes of at least 4 members (excludes halogenated alkanes) is 38. The number of hydrogen-bond donors (Lipinski definition) is 7. The van der Waals surface area contributed by atoms with Crippen LogP contribution in [-0.4, -0.2) is 142 Å². The molecule has 488 valence electrons. The van der Waals surface area contributed by atoms with E-state index in [-0.39, 0.29) is 25.6 Å². The predicted octanol–water partition coefficient (Wildman–Crippen LogP) is 14.4. The second kappa shape index (κ2) is 55.5. The van der Waals surface area contributed by atoms with E-state index in [0.29, 0.717) is 13.0 Å². The number of esters is 1. The standard InChI is InChI=1S/C69H128O14/c1-3-5-7-9-11-13-15-17-19-21-23-25-27-28-29-31-33-35-37-39-41-43-45-47-49-51-53-78-55-58(56-79-68-67(77)65(75)63(73)60(83-68)57-80-69-66(76)64(74)62(72)59(54-70)82-69)81-61(71)52-50-48-46-44-42-40-38-36-34-32-30-26-24-22-20-18-16-14-12-10-8-6-4-2/h16,18,21-24,58-60,62-70,72-77H,3-15,17,19-20,25-57H2,1-2H3/b18-16-,23-21-,24-22-. The first kappa shape index (κ1) is 77.3. The van der Waals surface area contributed by atoms with Gasteiger partial charge in [0.1, 0.15) is 54.9 Å². The highest BCUT2D eigenvalue weighted by Crippen LogP contribution is 2.27. The lowest BCUT2D eigenvalue weighted by molar-refractivity contribution is -0.332. The highest BCUT2D eigenvalue weighted by molar-refractivity contribution is 5.69. The third-order valence-electron chi connectivity index (χ3n) is 16.6. The number of carbonyl (C=O) groups excluding carboxylic acids is 1. The molecule has 2 saturated heterocycles. The van der Waals surface area contributed by atoms with Crippen LogP contribution >= 0.6 is 0 Å². The van der Waals surface area contributed by atoms with Crippen molar-refractivity contribution in [3.05, 3.63) is 36.5 Å². The molecule has 0 amide bonds. The van der Waals surface area contributed by atoms with Gasteiger partial charge in [0.15, 0.2) is 12.6 Å². The Hall–Kier alpha value is -1.79. The van der Waals surface area contributed by atoms with Crippen molar-refractivity contribution in [2.24, 2.45) is 0 Å². The second-order valence-corrected chi connectivity index (χ2v) is 24.3. The van der Waals surface area contributed by atoms with Gasteiger partial charge in [0, 0.05) is 13.0 Å². The van der Waals surface area contributed by atoms with Crippen LogP contribution in [0.15, 0.2) is 36.5 Å². The number of ether oxygens (including phenoxy) is 6. The van der Waals surface area contributed by atoms with Crippen molar-refractivity contribution in [3.8, 4) is 0 Å². The van der Waals surface area contributed by atoms with Crippen LogP contribution in [0.25, 0.3) is 0 Å². The van der Waals surface area contributed by atoms with Gasteiger partial charge in [0.25, 0.3) is 0 Å². The Kier molecular flexibility index (Phi) is 51.7. The third kappa shape index (κ3) is 41.1. The maximum Gasteiger partial charge on any atom is 0.306 e. The molecule has 0 bridgehead atoms. The average molecular weight is 1180 g/mol. The lowest BCUT2D eigenvalue weighted by atomic mass is 9.98. The van der Waals surface area contributed by atoms with E-state index >= 15 is 0 Å². The van der Waals surface area contributed by atoms with Crippen molar-refractivity contribution in [2.75, 3.05) is 33.0 Å². The minimum absolute atomic E-state index is 0.0639. The summed E-state index contributed by atoms with van der Waals surface area (Å²) in [5.41, 5.74) is 0. The molecule has 11 unspecified atom stereocenters. The van der Waals surface area contributed by atoms with Crippen molar-refractivity contribution < 1.29 is 69.0 Å². The monoisotopic (exact) mass is 1180 g/mol. The summed E-state index contributed by atoms with van der Waals surface area (Å²) in [6, 6.07) is 0. The van der Waals surface area contributed by atoms with E-state index in [2.05, 4.69) is 50.3 Å². The van der Waals surface area contributed by atoms with Crippen LogP contribution in [0.4, 0.5) is 0 Å². The molecule has 7 N–H and O–H groups in total. The van der Waals surface area contributed by atoms with Crippen LogP contribution in [0.5, 0.6) is 0 Å². The Bertz CT molecular complexity index is 1510. The van der Waals surface area contributed by atoms with Gasteiger partial charge in [0.05, 0.1) is 26.4 Å². The van der Waals surface area contributed by atoms with E-state index in [1.165, 1.54) is 225 Å². The maximum absolute atomic E-state index is 13.1. The first-order chi connectivity index (χ1) is 40.6. The molecule has 2 rings (SSSR count). The molecular weight excluding hydrogens is 1050 g/mol. The molecule has 0 radical (unpaired) electrons. The van der Waals surface area contributed by atoms with Gasteiger partial charge in [-0.25, -0.2) is 0 Å². The molecule has 14 heteroatoms. The fourth-order valence-corrected chi connectivity index (χ4v) is 11.1. The van der Waals surface area contributed by atoms with Crippen LogP contribution in [0.2, 0.25) is 0 Å². The first-order valence-electron chi connectivity index (χ1n) is 34.6. The molecule has 11 atom stereocenters. The fraction of sp³-hybridized carbons (Fsp3) is 0.899. The van der Waals surface area contributed by atoms with Crippen LogP contribution in [0.1, 0.15) is 296 Å². The van der Waals surface area contributed by atoms with Gasteiger partial charge in [-0.05, 0) is 70.6 Å². The molecule has 0 aromatic heterocycles. The summed E-state index contributed by atoms with van der Waals surface area (Å²) in [4.78, 5) is 13.1. The van der Waals surface area contributed by atoms with E-state index in [1.807, 2.05) is 0 Å². The maximum atomic E-state index is 13.1. The lowest BCUT2D eigenvalue weighted by Gasteiger charge is -2.42. The molecule has 0 aliphatic carbocycles. The van der Waals surface area contributed by atoms with Crippen LogP contribution in [0.3, 0.4) is 0 Å². The van der Waals surface area contributed by atoms with E-state index in [0.717, 1.165) is 44.9 Å². The van der Waals surface area contributed by atoms with Crippen LogP contribution in [0, 0.1) is 0 Å². The average Bonchev–Trinajstić information content (AvgIpc) is 3.49. The summed E-state index contributed by atoms with van der Waals surface area (Å²) in [6.45, 7) is 3.74. The van der Waals surface area contributed by atoms with Gasteiger partial charge in [-0.1, -0.05) is 256 Å². The lowest BCUT2D eigenvalue weighted by Crippen LogP contribution is -2.61. The molecule has 2 heterocycles. The Morgan fingerprint density at radius 2 is 0.747 bits per heavy atom. The highest BCUT2D eigenvalue weighted by Gasteiger charge is 2.47. The van der Waals surface area contributed by atoms with Gasteiger partial charge in [-0.15, -0.1) is 0 Å². The van der Waals surface area contributed by atoms with Gasteiger partial charge < -0.3 is 64.2 Å². The van der Waals surface area contributed by atoms with Crippen molar-refractivity contribution in [1.29, 1.82) is 0 Å². The zero-order chi connectivity index (χ0) is 60.1. The largest absolute Gasteiger partial charge is 0.457 e. The normalized spacial score (nSPS) is 23.6. The zero-order valence-corrected chi connectivity index (χ0v) is 53.0. The van der Waals surface area contributed by atoms with Crippen LogP contribution < -0.4 is 0 Å². The molecule has 2 aliphatic rings.